The smallest absolute Gasteiger partial charge is 0.228 e. The van der Waals surface area contributed by atoms with Crippen LogP contribution in [-0.4, -0.2) is 10.5 Å². The van der Waals surface area contributed by atoms with E-state index in [1.54, 1.807) is 0 Å². The van der Waals surface area contributed by atoms with Gasteiger partial charge < -0.3 is 9.88 Å². The summed E-state index contributed by atoms with van der Waals surface area (Å²) in [4.78, 5) is 12.1. The monoisotopic (exact) mass is 300 g/mol. The molecular weight excluding hydrogens is 286 g/mol. The van der Waals surface area contributed by atoms with E-state index in [9.17, 15) is 13.6 Å². The average Bonchev–Trinajstić information content (AvgIpc) is 2.80. The predicted molar refractivity (Wildman–Crippen MR) is 81.6 cm³/mol. The summed E-state index contributed by atoms with van der Waals surface area (Å²) in [6.07, 6.45) is 2.07. The van der Waals surface area contributed by atoms with Crippen LogP contribution in [0.4, 0.5) is 14.5 Å². The van der Waals surface area contributed by atoms with E-state index in [2.05, 4.69) is 5.32 Å². The van der Waals surface area contributed by atoms with Gasteiger partial charge in [-0.2, -0.15) is 0 Å². The molecule has 0 radical (unpaired) electrons. The summed E-state index contributed by atoms with van der Waals surface area (Å²) in [5.41, 5.74) is 2.17. The number of nitrogens with zero attached hydrogens (tertiary/aromatic N) is 1. The summed E-state index contributed by atoms with van der Waals surface area (Å²) >= 11 is 0. The number of carbonyl (C=O) groups excluding carboxylic acids is 1. The fourth-order valence-corrected chi connectivity index (χ4v) is 2.52. The van der Waals surface area contributed by atoms with Crippen molar-refractivity contribution in [2.75, 3.05) is 5.32 Å². The molecule has 0 unspecified atom stereocenters. The van der Waals surface area contributed by atoms with E-state index in [4.69, 9.17) is 0 Å². The van der Waals surface area contributed by atoms with Crippen molar-refractivity contribution >= 4 is 22.5 Å². The van der Waals surface area contributed by atoms with Crippen LogP contribution in [0, 0.1) is 11.6 Å². The summed E-state index contributed by atoms with van der Waals surface area (Å²) in [7, 11) is 1.92. The second-order valence-electron chi connectivity index (χ2n) is 5.14. The molecule has 3 rings (SSSR count). The van der Waals surface area contributed by atoms with Crippen molar-refractivity contribution in [3.05, 3.63) is 65.9 Å². The molecule has 3 nitrogen and oxygen atoms in total. The molecule has 1 aromatic heterocycles. The van der Waals surface area contributed by atoms with Crippen LogP contribution in [0.5, 0.6) is 0 Å². The van der Waals surface area contributed by atoms with Crippen LogP contribution in [0.1, 0.15) is 5.56 Å². The lowest BCUT2D eigenvalue weighted by Gasteiger charge is -2.05. The Balaban J connectivity index is 1.80. The number of carbonyl (C=O) groups is 1. The van der Waals surface area contributed by atoms with Gasteiger partial charge in [-0.1, -0.05) is 18.2 Å². The van der Waals surface area contributed by atoms with Crippen molar-refractivity contribution in [2.45, 2.75) is 6.42 Å². The van der Waals surface area contributed by atoms with Crippen LogP contribution < -0.4 is 5.32 Å². The van der Waals surface area contributed by atoms with E-state index in [0.29, 0.717) is 0 Å². The number of nitrogens with one attached hydrogen (secondary N) is 1. The van der Waals surface area contributed by atoms with Crippen molar-refractivity contribution in [1.29, 1.82) is 0 Å². The molecule has 5 heteroatoms. The maximum atomic E-state index is 13.1. The second kappa shape index (κ2) is 5.60. The Morgan fingerprint density at radius 3 is 2.68 bits per heavy atom. The molecule has 0 spiro atoms. The van der Waals surface area contributed by atoms with E-state index < -0.39 is 11.6 Å². The van der Waals surface area contributed by atoms with Gasteiger partial charge in [-0.25, -0.2) is 8.78 Å². The summed E-state index contributed by atoms with van der Waals surface area (Å²) in [5.74, 6) is -2.20. The SMILES string of the molecule is Cn1cc(CC(=O)Nc2ccc(F)c(F)c2)c2ccccc21. The van der Waals surface area contributed by atoms with Gasteiger partial charge in [0.1, 0.15) is 0 Å². The molecule has 2 aromatic carbocycles. The summed E-state index contributed by atoms with van der Waals surface area (Å²) in [6, 6.07) is 11.1. The van der Waals surface area contributed by atoms with Crippen LogP contribution in [-0.2, 0) is 18.3 Å². The number of fused-ring (bicyclic) bond motifs is 1. The number of para-hydroxylation sites is 1. The van der Waals surface area contributed by atoms with E-state index >= 15 is 0 Å². The molecule has 0 aliphatic rings. The average molecular weight is 300 g/mol. The van der Waals surface area contributed by atoms with Crippen LogP contribution in [0.2, 0.25) is 0 Å². The molecule has 0 aliphatic heterocycles. The van der Waals surface area contributed by atoms with Gasteiger partial charge in [0.15, 0.2) is 11.6 Å². The van der Waals surface area contributed by atoms with Crippen LogP contribution in [0.25, 0.3) is 10.9 Å². The molecule has 0 aliphatic carbocycles. The largest absolute Gasteiger partial charge is 0.350 e. The number of anilines is 1. The number of aromatic nitrogens is 1. The van der Waals surface area contributed by atoms with Crippen molar-refractivity contribution < 1.29 is 13.6 Å². The lowest BCUT2D eigenvalue weighted by Crippen LogP contribution is -2.14. The van der Waals surface area contributed by atoms with Gasteiger partial charge in [-0.15, -0.1) is 0 Å². The third-order valence-electron chi connectivity index (χ3n) is 3.53. The number of hydrogen-bond donors (Lipinski definition) is 1. The number of halogens is 2. The molecule has 0 fully saturated rings. The fraction of sp³-hybridized carbons (Fsp3) is 0.118. The topological polar surface area (TPSA) is 34.0 Å². The van der Waals surface area contributed by atoms with Gasteiger partial charge in [0.25, 0.3) is 0 Å². The highest BCUT2D eigenvalue weighted by atomic mass is 19.2. The van der Waals surface area contributed by atoms with Crippen molar-refractivity contribution in [1.82, 2.24) is 4.57 Å². The number of aryl methyl sites for hydroxylation is 1. The fourth-order valence-electron chi connectivity index (χ4n) is 2.52. The number of amides is 1. The van der Waals surface area contributed by atoms with Gasteiger partial charge in [-0.3, -0.25) is 4.79 Å². The predicted octanol–water partition coefficient (Wildman–Crippen LogP) is 3.64. The Labute approximate surface area is 126 Å². The molecule has 1 amide bonds. The van der Waals surface area contributed by atoms with Crippen molar-refractivity contribution in [3.8, 4) is 0 Å². The van der Waals surface area contributed by atoms with E-state index in [0.717, 1.165) is 28.6 Å². The van der Waals surface area contributed by atoms with Gasteiger partial charge in [0.05, 0.1) is 6.42 Å². The Morgan fingerprint density at radius 2 is 1.91 bits per heavy atom. The van der Waals surface area contributed by atoms with Gasteiger partial charge in [0, 0.05) is 35.9 Å². The number of benzene rings is 2. The quantitative estimate of drug-likeness (QED) is 0.787. The minimum absolute atomic E-state index is 0.167. The first kappa shape index (κ1) is 14.3. The zero-order valence-corrected chi connectivity index (χ0v) is 11.9. The minimum Gasteiger partial charge on any atom is -0.350 e. The molecule has 0 saturated carbocycles. The molecule has 112 valence electrons. The minimum atomic E-state index is -0.983. The summed E-state index contributed by atoms with van der Waals surface area (Å²) in [5, 5.41) is 3.58. The zero-order valence-electron chi connectivity index (χ0n) is 11.9. The normalized spacial score (nSPS) is 10.9. The van der Waals surface area contributed by atoms with Crippen LogP contribution in [0.15, 0.2) is 48.7 Å². The Morgan fingerprint density at radius 1 is 1.14 bits per heavy atom. The van der Waals surface area contributed by atoms with E-state index in [-0.39, 0.29) is 18.0 Å². The first-order chi connectivity index (χ1) is 10.5. The Hall–Kier alpha value is -2.69. The Kier molecular flexibility index (Phi) is 3.63. The molecule has 0 atom stereocenters. The van der Waals surface area contributed by atoms with Crippen molar-refractivity contribution in [2.24, 2.45) is 7.05 Å². The van der Waals surface area contributed by atoms with E-state index in [1.165, 1.54) is 6.07 Å². The molecule has 1 N–H and O–H groups in total. The van der Waals surface area contributed by atoms with E-state index in [1.807, 2.05) is 42.1 Å². The first-order valence-corrected chi connectivity index (χ1v) is 6.82. The third kappa shape index (κ3) is 2.70. The second-order valence-corrected chi connectivity index (χ2v) is 5.14. The van der Waals surface area contributed by atoms with Gasteiger partial charge in [0.2, 0.25) is 5.91 Å². The number of hydrogen-bond acceptors (Lipinski definition) is 1. The molecular formula is C17H14F2N2O. The lowest BCUT2D eigenvalue weighted by atomic mass is 10.1. The molecule has 3 aromatic rings. The Bertz CT molecular complexity index is 855. The summed E-state index contributed by atoms with van der Waals surface area (Å²) in [6.45, 7) is 0. The third-order valence-corrected chi connectivity index (χ3v) is 3.53. The lowest BCUT2D eigenvalue weighted by molar-refractivity contribution is -0.115. The maximum Gasteiger partial charge on any atom is 0.228 e. The first-order valence-electron chi connectivity index (χ1n) is 6.82. The maximum absolute atomic E-state index is 13.1. The molecule has 22 heavy (non-hydrogen) atoms. The highest BCUT2D eigenvalue weighted by Gasteiger charge is 2.11. The molecule has 0 bridgehead atoms. The highest BCUT2D eigenvalue weighted by molar-refractivity contribution is 5.95. The number of rotatable bonds is 3. The van der Waals surface area contributed by atoms with Crippen LogP contribution in [0.3, 0.4) is 0 Å². The van der Waals surface area contributed by atoms with Crippen molar-refractivity contribution in [3.63, 3.8) is 0 Å². The standard InChI is InChI=1S/C17H14F2N2O/c1-21-10-11(13-4-2-3-5-16(13)21)8-17(22)20-12-6-7-14(18)15(19)9-12/h2-7,9-10H,8H2,1H3,(H,20,22). The summed E-state index contributed by atoms with van der Waals surface area (Å²) < 4.78 is 28.0. The molecule has 0 saturated heterocycles. The van der Waals surface area contributed by atoms with Gasteiger partial charge >= 0.3 is 0 Å². The zero-order chi connectivity index (χ0) is 15.7. The van der Waals surface area contributed by atoms with Gasteiger partial charge in [-0.05, 0) is 23.8 Å². The van der Waals surface area contributed by atoms with Crippen LogP contribution >= 0.6 is 0 Å². The molecule has 1 heterocycles. The highest BCUT2D eigenvalue weighted by Crippen LogP contribution is 2.21.